The van der Waals surface area contributed by atoms with Gasteiger partial charge in [0.25, 0.3) is 11.8 Å². The van der Waals surface area contributed by atoms with Crippen LogP contribution in [0.3, 0.4) is 0 Å². The van der Waals surface area contributed by atoms with Crippen LogP contribution in [0.4, 0.5) is 8.78 Å². The first-order valence-electron chi connectivity index (χ1n) is 9.64. The number of carbonyl (C=O) groups is 2. The molecule has 0 aliphatic carbocycles. The topological polar surface area (TPSA) is 67.2 Å². The highest BCUT2D eigenvalue weighted by Crippen LogP contribution is 2.17. The van der Waals surface area contributed by atoms with E-state index in [1.54, 1.807) is 35.2 Å². The average molecular weight is 410 g/mol. The number of nitrogens with zero attached hydrogens (tertiary/aromatic N) is 3. The Morgan fingerprint density at radius 2 is 1.83 bits per heavy atom. The second kappa shape index (κ2) is 8.44. The van der Waals surface area contributed by atoms with Gasteiger partial charge >= 0.3 is 0 Å². The minimum atomic E-state index is -0.475. The zero-order chi connectivity index (χ0) is 21.1. The van der Waals surface area contributed by atoms with Crippen molar-refractivity contribution in [2.24, 2.45) is 0 Å². The number of amides is 2. The average Bonchev–Trinajstić information content (AvgIpc) is 3.12. The smallest absolute Gasteiger partial charge is 0.272 e. The third-order valence-corrected chi connectivity index (χ3v) is 5.00. The molecule has 1 aliphatic heterocycles. The summed E-state index contributed by atoms with van der Waals surface area (Å²) in [6, 6.07) is 13.7. The van der Waals surface area contributed by atoms with Gasteiger partial charge in [0.05, 0.1) is 0 Å². The quantitative estimate of drug-likeness (QED) is 0.703. The fourth-order valence-electron chi connectivity index (χ4n) is 3.41. The van der Waals surface area contributed by atoms with Gasteiger partial charge < -0.3 is 10.2 Å². The first-order valence-corrected chi connectivity index (χ1v) is 9.64. The number of hydrogen-bond acceptors (Lipinski definition) is 3. The van der Waals surface area contributed by atoms with Crippen molar-refractivity contribution in [1.82, 2.24) is 20.0 Å². The van der Waals surface area contributed by atoms with Gasteiger partial charge in [0, 0.05) is 37.8 Å². The lowest BCUT2D eigenvalue weighted by Crippen LogP contribution is -2.30. The molecule has 1 aromatic heterocycles. The monoisotopic (exact) mass is 410 g/mol. The number of benzene rings is 2. The van der Waals surface area contributed by atoms with Crippen LogP contribution in [0.1, 0.15) is 38.5 Å². The summed E-state index contributed by atoms with van der Waals surface area (Å²) in [7, 11) is 0. The first kappa shape index (κ1) is 19.8. The minimum absolute atomic E-state index is 0.0261. The molecule has 0 spiro atoms. The Labute approximate surface area is 172 Å². The fourth-order valence-corrected chi connectivity index (χ4v) is 3.41. The molecule has 0 unspecified atom stereocenters. The summed E-state index contributed by atoms with van der Waals surface area (Å²) >= 11 is 0. The van der Waals surface area contributed by atoms with Crippen molar-refractivity contribution in [3.05, 3.63) is 88.7 Å². The van der Waals surface area contributed by atoms with E-state index >= 15 is 0 Å². The molecule has 0 bridgehead atoms. The lowest BCUT2D eigenvalue weighted by molar-refractivity contribution is 0.0745. The van der Waals surface area contributed by atoms with E-state index in [0.29, 0.717) is 37.3 Å². The van der Waals surface area contributed by atoms with E-state index in [2.05, 4.69) is 10.4 Å². The Balaban J connectivity index is 1.47. The summed E-state index contributed by atoms with van der Waals surface area (Å²) in [4.78, 5) is 27.1. The van der Waals surface area contributed by atoms with E-state index in [0.717, 1.165) is 5.56 Å². The molecular formula is C22H20F2N4O2. The van der Waals surface area contributed by atoms with Gasteiger partial charge in [-0.25, -0.2) is 8.78 Å². The van der Waals surface area contributed by atoms with Crippen molar-refractivity contribution >= 4 is 11.8 Å². The summed E-state index contributed by atoms with van der Waals surface area (Å²) in [6.45, 7) is 1.41. The molecule has 1 aliphatic rings. The summed E-state index contributed by atoms with van der Waals surface area (Å²) in [5.74, 6) is -1.44. The maximum absolute atomic E-state index is 13.7. The van der Waals surface area contributed by atoms with E-state index in [-0.39, 0.29) is 24.0 Å². The summed E-state index contributed by atoms with van der Waals surface area (Å²) in [5.41, 5.74) is 1.62. The van der Waals surface area contributed by atoms with E-state index in [9.17, 15) is 18.4 Å². The molecule has 154 valence electrons. The van der Waals surface area contributed by atoms with E-state index < -0.39 is 11.7 Å². The van der Waals surface area contributed by atoms with Crippen molar-refractivity contribution < 1.29 is 18.4 Å². The number of fused-ring (bicyclic) bond motifs is 1. The van der Waals surface area contributed by atoms with Crippen LogP contribution in [0.2, 0.25) is 0 Å². The molecular weight excluding hydrogens is 390 g/mol. The predicted molar refractivity (Wildman–Crippen MR) is 106 cm³/mol. The maximum Gasteiger partial charge on any atom is 0.272 e. The SMILES string of the molecule is O=C(NCc1ccccc1F)c1cc2n(n1)CCCN(Cc1ccc(F)cc1)C2=O. The molecule has 30 heavy (non-hydrogen) atoms. The van der Waals surface area contributed by atoms with E-state index in [1.165, 1.54) is 28.9 Å². The van der Waals surface area contributed by atoms with Gasteiger partial charge in [0.2, 0.25) is 0 Å². The molecule has 2 amide bonds. The van der Waals surface area contributed by atoms with Crippen LogP contribution in [-0.2, 0) is 19.6 Å². The lowest BCUT2D eigenvalue weighted by atomic mass is 10.2. The van der Waals surface area contributed by atoms with Crippen molar-refractivity contribution in [3.63, 3.8) is 0 Å². The summed E-state index contributed by atoms with van der Waals surface area (Å²) in [6.07, 6.45) is 0.678. The van der Waals surface area contributed by atoms with Crippen LogP contribution in [0.15, 0.2) is 54.6 Å². The zero-order valence-corrected chi connectivity index (χ0v) is 16.1. The number of carbonyl (C=O) groups excluding carboxylic acids is 2. The second-order valence-corrected chi connectivity index (χ2v) is 7.12. The molecule has 0 radical (unpaired) electrons. The van der Waals surface area contributed by atoms with Gasteiger partial charge in [-0.3, -0.25) is 14.3 Å². The summed E-state index contributed by atoms with van der Waals surface area (Å²) in [5, 5.41) is 6.90. The van der Waals surface area contributed by atoms with E-state index in [1.807, 2.05) is 0 Å². The van der Waals surface area contributed by atoms with Crippen LogP contribution in [0, 0.1) is 11.6 Å². The number of rotatable bonds is 5. The molecule has 2 aromatic carbocycles. The lowest BCUT2D eigenvalue weighted by Gasteiger charge is -2.20. The molecule has 2 heterocycles. The molecule has 0 atom stereocenters. The van der Waals surface area contributed by atoms with Crippen LogP contribution >= 0.6 is 0 Å². The normalized spacial score (nSPS) is 13.7. The maximum atomic E-state index is 13.7. The standard InChI is InChI=1S/C22H20F2N4O2/c23-17-8-6-15(7-9-17)14-27-10-3-11-28-20(22(27)30)12-19(26-28)21(29)25-13-16-4-1-2-5-18(16)24/h1-2,4-9,12H,3,10-11,13-14H2,(H,25,29). The number of aryl methyl sites for hydroxylation is 1. The first-order chi connectivity index (χ1) is 14.5. The summed E-state index contributed by atoms with van der Waals surface area (Å²) < 4.78 is 28.4. The molecule has 3 aromatic rings. The van der Waals surface area contributed by atoms with Crippen molar-refractivity contribution in [2.45, 2.75) is 26.1 Å². The number of halogens is 2. The number of nitrogens with one attached hydrogen (secondary N) is 1. The third kappa shape index (κ3) is 4.22. The Hall–Kier alpha value is -3.55. The predicted octanol–water partition coefficient (Wildman–Crippen LogP) is 3.14. The van der Waals surface area contributed by atoms with Gasteiger partial charge in [-0.1, -0.05) is 30.3 Å². The van der Waals surface area contributed by atoms with Crippen LogP contribution in [-0.4, -0.2) is 33.0 Å². The van der Waals surface area contributed by atoms with Crippen molar-refractivity contribution in [3.8, 4) is 0 Å². The largest absolute Gasteiger partial charge is 0.346 e. The Bertz CT molecular complexity index is 1080. The van der Waals surface area contributed by atoms with Crippen LogP contribution < -0.4 is 5.32 Å². The molecule has 0 saturated heterocycles. The highest BCUT2D eigenvalue weighted by molar-refractivity contribution is 5.98. The molecule has 6 nitrogen and oxygen atoms in total. The van der Waals surface area contributed by atoms with Gasteiger partial charge in [-0.15, -0.1) is 0 Å². The molecule has 0 fully saturated rings. The van der Waals surface area contributed by atoms with Gasteiger partial charge in [-0.05, 0) is 30.2 Å². The zero-order valence-electron chi connectivity index (χ0n) is 16.1. The Morgan fingerprint density at radius 3 is 2.60 bits per heavy atom. The molecule has 8 heteroatoms. The Kier molecular flexibility index (Phi) is 5.56. The van der Waals surface area contributed by atoms with Crippen LogP contribution in [0.5, 0.6) is 0 Å². The van der Waals surface area contributed by atoms with Gasteiger partial charge in [-0.2, -0.15) is 5.10 Å². The van der Waals surface area contributed by atoms with Crippen LogP contribution in [0.25, 0.3) is 0 Å². The molecule has 4 rings (SSSR count). The second-order valence-electron chi connectivity index (χ2n) is 7.12. The number of aromatic nitrogens is 2. The van der Waals surface area contributed by atoms with E-state index in [4.69, 9.17) is 0 Å². The minimum Gasteiger partial charge on any atom is -0.346 e. The van der Waals surface area contributed by atoms with Gasteiger partial charge in [0.15, 0.2) is 5.69 Å². The molecule has 0 saturated carbocycles. The number of hydrogen-bond donors (Lipinski definition) is 1. The Morgan fingerprint density at radius 1 is 1.07 bits per heavy atom. The van der Waals surface area contributed by atoms with Crippen molar-refractivity contribution in [1.29, 1.82) is 0 Å². The van der Waals surface area contributed by atoms with Gasteiger partial charge in [0.1, 0.15) is 17.3 Å². The highest BCUT2D eigenvalue weighted by Gasteiger charge is 2.26. The molecule has 1 N–H and O–H groups in total. The fraction of sp³-hybridized carbons (Fsp3) is 0.227. The highest BCUT2D eigenvalue weighted by atomic mass is 19.1. The van der Waals surface area contributed by atoms with Crippen molar-refractivity contribution in [2.75, 3.05) is 6.54 Å². The third-order valence-electron chi connectivity index (χ3n) is 5.00.